The first-order valence-electron chi connectivity index (χ1n) is 10.00. The minimum Gasteiger partial charge on any atom is -0.449 e. The standard InChI is InChI=1S/C18H16F3N7O6S3/c1-27-15(18(19,20)21)24-25-16(27)37-4-7-3-36-14-10(12(30)28(14)13(7)34-17(31)32)23-11(29)9(26-33-2)8-5-35-6-22-8/h5-6,10,14H,3-4H2,1-2H3,(H,23,29)(H,31,32)/t10?,14-/m0/s1. The number of fused-ring (bicyclic) bond motifs is 1. The van der Waals surface area contributed by atoms with E-state index in [1.54, 1.807) is 5.38 Å². The Bertz CT molecular complexity index is 1280. The Labute approximate surface area is 218 Å². The number of oxime groups is 1. The Kier molecular flexibility index (Phi) is 7.64. The summed E-state index contributed by atoms with van der Waals surface area (Å²) in [6.45, 7) is 0. The van der Waals surface area contributed by atoms with Gasteiger partial charge >= 0.3 is 12.3 Å². The number of β-lactam (4-membered cyclic amide) rings is 1. The fourth-order valence-electron chi connectivity index (χ4n) is 3.38. The van der Waals surface area contributed by atoms with Gasteiger partial charge in [0.2, 0.25) is 11.7 Å². The van der Waals surface area contributed by atoms with Crippen molar-refractivity contribution in [2.45, 2.75) is 22.7 Å². The van der Waals surface area contributed by atoms with Gasteiger partial charge < -0.3 is 24.6 Å². The molecule has 1 unspecified atom stereocenters. The molecule has 0 spiro atoms. The van der Waals surface area contributed by atoms with Crippen LogP contribution in [0.5, 0.6) is 0 Å². The normalized spacial score (nSPS) is 19.9. The van der Waals surface area contributed by atoms with Gasteiger partial charge in [-0.1, -0.05) is 16.9 Å². The average molecular weight is 580 g/mol. The first-order valence-corrected chi connectivity index (χ1v) is 13.0. The summed E-state index contributed by atoms with van der Waals surface area (Å²) in [5.41, 5.74) is 1.93. The second-order valence-electron chi connectivity index (χ2n) is 7.29. The third kappa shape index (κ3) is 5.37. The van der Waals surface area contributed by atoms with Gasteiger partial charge in [0.25, 0.3) is 11.8 Å². The Morgan fingerprint density at radius 2 is 2.14 bits per heavy atom. The number of hydrogen-bond acceptors (Lipinski definition) is 12. The lowest BCUT2D eigenvalue weighted by molar-refractivity contribution is -0.148. The van der Waals surface area contributed by atoms with Gasteiger partial charge in [0, 0.05) is 29.5 Å². The molecule has 2 aromatic heterocycles. The van der Waals surface area contributed by atoms with Gasteiger partial charge in [-0.05, 0) is 0 Å². The van der Waals surface area contributed by atoms with Crippen LogP contribution in [0.3, 0.4) is 0 Å². The van der Waals surface area contributed by atoms with E-state index in [4.69, 9.17) is 9.57 Å². The zero-order valence-electron chi connectivity index (χ0n) is 18.8. The quantitative estimate of drug-likeness (QED) is 0.154. The molecule has 13 nitrogen and oxygen atoms in total. The molecule has 2 aliphatic heterocycles. The number of halogens is 3. The van der Waals surface area contributed by atoms with E-state index in [1.807, 2.05) is 0 Å². The van der Waals surface area contributed by atoms with E-state index in [0.717, 1.165) is 28.3 Å². The number of aromatic nitrogens is 4. The molecule has 2 aromatic rings. The molecule has 4 heterocycles. The zero-order chi connectivity index (χ0) is 26.9. The molecule has 1 fully saturated rings. The molecule has 198 valence electrons. The highest BCUT2D eigenvalue weighted by Crippen LogP contribution is 2.42. The average Bonchev–Trinajstić information content (AvgIpc) is 3.49. The molecule has 2 aliphatic rings. The molecule has 19 heteroatoms. The van der Waals surface area contributed by atoms with E-state index in [1.165, 1.54) is 35.7 Å². The van der Waals surface area contributed by atoms with Crippen molar-refractivity contribution in [1.29, 1.82) is 0 Å². The molecule has 1 saturated heterocycles. The molecule has 0 radical (unpaired) electrons. The fourth-order valence-corrected chi connectivity index (χ4v) is 6.28. The third-order valence-electron chi connectivity index (χ3n) is 5.00. The lowest BCUT2D eigenvalue weighted by atomic mass is 10.1. The molecule has 0 aromatic carbocycles. The number of alkyl halides is 3. The molecular weight excluding hydrogens is 563 g/mol. The maximum atomic E-state index is 13.0. The first-order chi connectivity index (χ1) is 17.5. The van der Waals surface area contributed by atoms with E-state index in [9.17, 15) is 32.7 Å². The zero-order valence-corrected chi connectivity index (χ0v) is 21.2. The van der Waals surface area contributed by atoms with Crippen LogP contribution >= 0.6 is 34.9 Å². The number of carbonyl (C=O) groups excluding carboxylic acids is 2. The van der Waals surface area contributed by atoms with Crippen LogP contribution in [-0.2, 0) is 32.4 Å². The molecule has 37 heavy (non-hydrogen) atoms. The number of carboxylic acid groups (broad SMARTS) is 1. The van der Waals surface area contributed by atoms with Gasteiger partial charge in [-0.2, -0.15) is 13.2 Å². The van der Waals surface area contributed by atoms with Gasteiger partial charge in [0.15, 0.2) is 10.9 Å². The number of carbonyl (C=O) groups is 3. The Hall–Kier alpha value is -3.32. The van der Waals surface area contributed by atoms with Crippen molar-refractivity contribution in [2.24, 2.45) is 12.2 Å². The van der Waals surface area contributed by atoms with Crippen molar-refractivity contribution in [3.63, 3.8) is 0 Å². The number of nitrogens with zero attached hydrogens (tertiary/aromatic N) is 6. The number of ether oxygens (including phenoxy) is 1. The largest absolute Gasteiger partial charge is 0.512 e. The lowest BCUT2D eigenvalue weighted by Crippen LogP contribution is -2.70. The van der Waals surface area contributed by atoms with E-state index >= 15 is 0 Å². The highest BCUT2D eigenvalue weighted by atomic mass is 32.2. The summed E-state index contributed by atoms with van der Waals surface area (Å²) in [6, 6.07) is -1.02. The van der Waals surface area contributed by atoms with E-state index in [0.29, 0.717) is 5.57 Å². The van der Waals surface area contributed by atoms with Gasteiger partial charge in [-0.15, -0.1) is 33.3 Å². The van der Waals surface area contributed by atoms with Crippen LogP contribution < -0.4 is 5.32 Å². The van der Waals surface area contributed by atoms with Crippen LogP contribution in [0.15, 0.2) is 32.7 Å². The summed E-state index contributed by atoms with van der Waals surface area (Å²) in [5, 5.41) is 22.9. The summed E-state index contributed by atoms with van der Waals surface area (Å²) in [5.74, 6) is -2.66. The van der Waals surface area contributed by atoms with Crippen molar-refractivity contribution >= 4 is 58.5 Å². The van der Waals surface area contributed by atoms with Gasteiger partial charge in [0.1, 0.15) is 24.2 Å². The number of thioether (sulfide) groups is 2. The number of hydrogen-bond donors (Lipinski definition) is 2. The van der Waals surface area contributed by atoms with Crippen LogP contribution in [-0.4, -0.2) is 83.5 Å². The van der Waals surface area contributed by atoms with Crippen LogP contribution in [0.4, 0.5) is 18.0 Å². The van der Waals surface area contributed by atoms with Crippen molar-refractivity contribution in [3.8, 4) is 0 Å². The third-order valence-corrected chi connectivity index (χ3v) is 8.03. The summed E-state index contributed by atoms with van der Waals surface area (Å²) >= 11 is 3.32. The van der Waals surface area contributed by atoms with E-state index < -0.39 is 41.4 Å². The summed E-state index contributed by atoms with van der Waals surface area (Å²) in [6.07, 6.45) is -6.37. The predicted molar refractivity (Wildman–Crippen MR) is 124 cm³/mol. The Morgan fingerprint density at radius 3 is 2.73 bits per heavy atom. The van der Waals surface area contributed by atoms with E-state index in [-0.39, 0.29) is 34.0 Å². The lowest BCUT2D eigenvalue weighted by Gasteiger charge is -2.49. The van der Waals surface area contributed by atoms with Crippen molar-refractivity contribution in [3.05, 3.63) is 33.9 Å². The summed E-state index contributed by atoms with van der Waals surface area (Å²) < 4.78 is 44.6. The minimum absolute atomic E-state index is 0.0263. The smallest absolute Gasteiger partial charge is 0.449 e. The number of amides is 2. The topological polar surface area (TPSA) is 161 Å². The summed E-state index contributed by atoms with van der Waals surface area (Å²) in [7, 11) is 2.40. The van der Waals surface area contributed by atoms with Crippen molar-refractivity contribution in [2.75, 3.05) is 18.6 Å². The molecule has 0 aliphatic carbocycles. The van der Waals surface area contributed by atoms with E-state index in [2.05, 4.69) is 25.7 Å². The fraction of sp³-hybridized carbons (Fsp3) is 0.389. The molecule has 2 atom stereocenters. The monoisotopic (exact) mass is 579 g/mol. The maximum absolute atomic E-state index is 13.0. The van der Waals surface area contributed by atoms with Crippen LogP contribution in [0.25, 0.3) is 0 Å². The minimum atomic E-state index is -4.69. The van der Waals surface area contributed by atoms with Crippen molar-refractivity contribution < 1.29 is 42.2 Å². The molecule has 0 saturated carbocycles. The van der Waals surface area contributed by atoms with Gasteiger partial charge in [0.05, 0.1) is 5.51 Å². The summed E-state index contributed by atoms with van der Waals surface area (Å²) in [4.78, 5) is 46.8. The Balaban J connectivity index is 1.50. The number of nitrogens with one attached hydrogen (secondary N) is 1. The van der Waals surface area contributed by atoms with Gasteiger partial charge in [-0.3, -0.25) is 14.5 Å². The number of rotatable bonds is 8. The Morgan fingerprint density at radius 1 is 1.38 bits per heavy atom. The predicted octanol–water partition coefficient (Wildman–Crippen LogP) is 1.74. The molecule has 2 N–H and O–H groups in total. The van der Waals surface area contributed by atoms with Crippen LogP contribution in [0.1, 0.15) is 11.5 Å². The van der Waals surface area contributed by atoms with Crippen LogP contribution in [0.2, 0.25) is 0 Å². The van der Waals surface area contributed by atoms with Gasteiger partial charge in [-0.25, -0.2) is 9.78 Å². The number of thiazole rings is 1. The maximum Gasteiger partial charge on any atom is 0.512 e. The second kappa shape index (κ2) is 10.6. The molecular formula is C18H16F3N7O6S3. The van der Waals surface area contributed by atoms with Crippen LogP contribution in [0, 0.1) is 0 Å². The first kappa shape index (κ1) is 26.7. The molecule has 0 bridgehead atoms. The highest BCUT2D eigenvalue weighted by molar-refractivity contribution is 8.01. The molecule has 4 rings (SSSR count). The molecule has 2 amide bonds. The highest BCUT2D eigenvalue weighted by Gasteiger charge is 2.54. The van der Waals surface area contributed by atoms with Crippen molar-refractivity contribution in [1.82, 2.24) is 30.0 Å². The second-order valence-corrected chi connectivity index (χ2v) is 10.1. The SMILES string of the molecule is CON=C(C(=O)NC1C(=O)N2C(OC(=O)O)=C(CSc3nnc(C(F)(F)F)n3C)CS[C@@H]12)c1cscn1.